The zero-order valence-electron chi connectivity index (χ0n) is 23.0. The van der Waals surface area contributed by atoms with Gasteiger partial charge in [0.1, 0.15) is 11.3 Å². The molecule has 0 saturated heterocycles. The minimum atomic E-state index is -0.732. The van der Waals surface area contributed by atoms with E-state index in [-0.39, 0.29) is 17.1 Å². The van der Waals surface area contributed by atoms with E-state index in [9.17, 15) is 9.59 Å². The van der Waals surface area contributed by atoms with E-state index in [2.05, 4.69) is 6.92 Å². The van der Waals surface area contributed by atoms with E-state index >= 15 is 0 Å². The van der Waals surface area contributed by atoms with Crippen molar-refractivity contribution in [3.05, 3.63) is 92.8 Å². The summed E-state index contributed by atoms with van der Waals surface area (Å²) in [5.74, 6) is 1.40. The lowest BCUT2D eigenvalue weighted by Gasteiger charge is -2.26. The number of rotatable bonds is 9. The van der Waals surface area contributed by atoms with Crippen molar-refractivity contribution >= 4 is 22.6 Å². The molecule has 1 amide bonds. The second kappa shape index (κ2) is 10.8. The Labute approximate surface area is 227 Å². The molecule has 0 bridgehead atoms. The van der Waals surface area contributed by atoms with E-state index in [1.165, 1.54) is 0 Å². The van der Waals surface area contributed by atoms with E-state index in [4.69, 9.17) is 18.6 Å². The van der Waals surface area contributed by atoms with Crippen LogP contribution in [0.5, 0.6) is 17.2 Å². The Hall–Kier alpha value is -4.26. The maximum absolute atomic E-state index is 14.0. The molecule has 5 rings (SSSR count). The number of carbonyl (C=O) groups is 1. The van der Waals surface area contributed by atoms with Gasteiger partial charge in [-0.1, -0.05) is 31.9 Å². The standard InChI is InChI=1S/C32H33NO6/c1-6-7-8-14-38-25-13-12-21(17-27(25)37-5)29-28-30(34)24-15-19(2)20(3)16-26(24)39-31(28)32(35)33(29)22-10-9-11-23(18-22)36-4/h9-13,15-18,29H,6-8,14H2,1-5H3. The van der Waals surface area contributed by atoms with Crippen molar-refractivity contribution in [2.45, 2.75) is 46.1 Å². The number of fused-ring (bicyclic) bond motifs is 2. The lowest BCUT2D eigenvalue weighted by molar-refractivity contribution is 0.0971. The number of aryl methyl sites for hydroxylation is 2. The van der Waals surface area contributed by atoms with E-state index < -0.39 is 6.04 Å². The lowest BCUT2D eigenvalue weighted by Crippen LogP contribution is -2.29. The van der Waals surface area contributed by atoms with Crippen LogP contribution in [0.3, 0.4) is 0 Å². The highest BCUT2D eigenvalue weighted by molar-refractivity contribution is 6.10. The monoisotopic (exact) mass is 527 g/mol. The third-order valence-corrected chi connectivity index (χ3v) is 7.33. The van der Waals surface area contributed by atoms with Gasteiger partial charge in [-0.05, 0) is 73.4 Å². The van der Waals surface area contributed by atoms with Gasteiger partial charge in [-0.25, -0.2) is 0 Å². The quantitative estimate of drug-likeness (QED) is 0.224. The number of hydrogen-bond acceptors (Lipinski definition) is 6. The summed E-state index contributed by atoms with van der Waals surface area (Å²) in [4.78, 5) is 29.6. The Kier molecular flexibility index (Phi) is 7.33. The summed E-state index contributed by atoms with van der Waals surface area (Å²) in [5, 5.41) is 0.449. The van der Waals surface area contributed by atoms with Crippen molar-refractivity contribution in [2.75, 3.05) is 25.7 Å². The van der Waals surface area contributed by atoms with Gasteiger partial charge in [-0.2, -0.15) is 0 Å². The molecule has 1 aliphatic rings. The van der Waals surface area contributed by atoms with Gasteiger partial charge in [0.05, 0.1) is 37.8 Å². The third kappa shape index (κ3) is 4.73. The topological polar surface area (TPSA) is 78.2 Å². The van der Waals surface area contributed by atoms with E-state index in [1.807, 2.05) is 62.4 Å². The molecule has 1 aromatic heterocycles. The van der Waals surface area contributed by atoms with Gasteiger partial charge in [0, 0.05) is 11.8 Å². The van der Waals surface area contributed by atoms with Gasteiger partial charge < -0.3 is 18.6 Å². The molecule has 1 aliphatic heterocycles. The largest absolute Gasteiger partial charge is 0.497 e. The molecule has 0 aliphatic carbocycles. The Bertz CT molecular complexity index is 1600. The molecule has 0 N–H and O–H groups in total. The van der Waals surface area contributed by atoms with Gasteiger partial charge in [-0.15, -0.1) is 0 Å². The third-order valence-electron chi connectivity index (χ3n) is 7.33. The number of carbonyl (C=O) groups excluding carboxylic acids is 1. The lowest BCUT2D eigenvalue weighted by atomic mass is 9.97. The van der Waals surface area contributed by atoms with Crippen molar-refractivity contribution in [3.8, 4) is 17.2 Å². The van der Waals surface area contributed by atoms with Crippen molar-refractivity contribution in [3.63, 3.8) is 0 Å². The number of methoxy groups -OCH3 is 2. The summed E-state index contributed by atoms with van der Waals surface area (Å²) in [6.07, 6.45) is 3.13. The summed E-state index contributed by atoms with van der Waals surface area (Å²) >= 11 is 0. The van der Waals surface area contributed by atoms with Crippen LogP contribution in [0, 0.1) is 13.8 Å². The van der Waals surface area contributed by atoms with Crippen LogP contribution in [-0.4, -0.2) is 26.7 Å². The molecule has 39 heavy (non-hydrogen) atoms. The minimum Gasteiger partial charge on any atom is -0.497 e. The summed E-state index contributed by atoms with van der Waals surface area (Å²) in [6, 6.07) is 15.7. The Balaban J connectivity index is 1.69. The molecule has 1 unspecified atom stereocenters. The fraction of sp³-hybridized carbons (Fsp3) is 0.312. The fourth-order valence-corrected chi connectivity index (χ4v) is 5.08. The van der Waals surface area contributed by atoms with Crippen LogP contribution in [0.1, 0.15) is 65.0 Å². The number of benzene rings is 3. The smallest absolute Gasteiger partial charge is 0.295 e. The second-order valence-corrected chi connectivity index (χ2v) is 9.85. The van der Waals surface area contributed by atoms with E-state index in [0.717, 1.165) is 30.4 Å². The first-order chi connectivity index (χ1) is 18.9. The average Bonchev–Trinajstić information content (AvgIpc) is 3.24. The van der Waals surface area contributed by atoms with Crippen molar-refractivity contribution in [2.24, 2.45) is 0 Å². The zero-order valence-corrected chi connectivity index (χ0v) is 23.0. The second-order valence-electron chi connectivity index (χ2n) is 9.85. The number of amides is 1. The molecule has 7 nitrogen and oxygen atoms in total. The Morgan fingerprint density at radius 2 is 1.69 bits per heavy atom. The number of ether oxygens (including phenoxy) is 3. The maximum atomic E-state index is 14.0. The number of unbranched alkanes of at least 4 members (excludes halogenated alkanes) is 2. The molecule has 0 fully saturated rings. The molecule has 1 atom stereocenters. The van der Waals surface area contributed by atoms with Gasteiger partial charge >= 0.3 is 0 Å². The molecule has 7 heteroatoms. The van der Waals surface area contributed by atoms with E-state index in [0.29, 0.717) is 51.6 Å². The summed E-state index contributed by atoms with van der Waals surface area (Å²) in [6.45, 7) is 6.63. The SMILES string of the molecule is CCCCCOc1ccc(C2c3c(oc4cc(C)c(C)cc4c3=O)C(=O)N2c2cccc(OC)c2)cc1OC. The first-order valence-electron chi connectivity index (χ1n) is 13.2. The van der Waals surface area contributed by atoms with Crippen LogP contribution >= 0.6 is 0 Å². The predicted octanol–water partition coefficient (Wildman–Crippen LogP) is 6.75. The van der Waals surface area contributed by atoms with Gasteiger partial charge in [-0.3, -0.25) is 14.5 Å². The van der Waals surface area contributed by atoms with Crippen molar-refractivity contribution < 1.29 is 23.4 Å². The molecule has 3 aromatic carbocycles. The Morgan fingerprint density at radius 1 is 0.897 bits per heavy atom. The fourth-order valence-electron chi connectivity index (χ4n) is 5.08. The van der Waals surface area contributed by atoms with Crippen LogP contribution in [-0.2, 0) is 0 Å². The van der Waals surface area contributed by atoms with Crippen molar-refractivity contribution in [1.82, 2.24) is 0 Å². The average molecular weight is 528 g/mol. The van der Waals surface area contributed by atoms with Crippen molar-refractivity contribution in [1.29, 1.82) is 0 Å². The maximum Gasteiger partial charge on any atom is 0.295 e. The molecule has 0 saturated carbocycles. The number of anilines is 1. The predicted molar refractivity (Wildman–Crippen MR) is 152 cm³/mol. The number of nitrogens with zero attached hydrogens (tertiary/aromatic N) is 1. The van der Waals surface area contributed by atoms with E-state index in [1.54, 1.807) is 25.2 Å². The number of hydrogen-bond donors (Lipinski definition) is 0. The molecule has 2 heterocycles. The zero-order chi connectivity index (χ0) is 27.7. The molecule has 4 aromatic rings. The van der Waals surface area contributed by atoms with Crippen LogP contribution in [0.25, 0.3) is 11.0 Å². The highest BCUT2D eigenvalue weighted by Crippen LogP contribution is 2.44. The molecule has 0 spiro atoms. The van der Waals surface area contributed by atoms with Gasteiger partial charge in [0.2, 0.25) is 5.76 Å². The van der Waals surface area contributed by atoms with Crippen LogP contribution in [0.4, 0.5) is 5.69 Å². The Morgan fingerprint density at radius 3 is 2.44 bits per heavy atom. The highest BCUT2D eigenvalue weighted by atomic mass is 16.5. The summed E-state index contributed by atoms with van der Waals surface area (Å²) in [7, 11) is 3.16. The van der Waals surface area contributed by atoms with Gasteiger partial charge in [0.25, 0.3) is 5.91 Å². The first kappa shape index (κ1) is 26.4. The molecular formula is C32H33NO6. The summed E-state index contributed by atoms with van der Waals surface area (Å²) in [5.41, 5.74) is 3.73. The van der Waals surface area contributed by atoms with Crippen LogP contribution in [0.15, 0.2) is 63.8 Å². The normalized spacial score (nSPS) is 14.5. The molecule has 0 radical (unpaired) electrons. The molecular weight excluding hydrogens is 494 g/mol. The van der Waals surface area contributed by atoms with Crippen LogP contribution in [0.2, 0.25) is 0 Å². The van der Waals surface area contributed by atoms with Gasteiger partial charge in [0.15, 0.2) is 16.9 Å². The molecule has 202 valence electrons. The summed E-state index contributed by atoms with van der Waals surface area (Å²) < 4.78 is 23.3. The highest BCUT2D eigenvalue weighted by Gasteiger charge is 2.44. The first-order valence-corrected chi connectivity index (χ1v) is 13.2. The minimum absolute atomic E-state index is 0.0439. The van der Waals surface area contributed by atoms with Crippen LogP contribution < -0.4 is 24.5 Å².